The van der Waals surface area contributed by atoms with Crippen LogP contribution in [0.15, 0.2) is 0 Å². The van der Waals surface area contributed by atoms with E-state index in [0.717, 1.165) is 19.5 Å². The molecule has 0 bridgehead atoms. The summed E-state index contributed by atoms with van der Waals surface area (Å²) in [7, 11) is 2.04. The molecule has 4 nitrogen and oxygen atoms in total. The molecule has 0 spiro atoms. The van der Waals surface area contributed by atoms with Gasteiger partial charge in [0.15, 0.2) is 0 Å². The number of hydrogen-bond donors (Lipinski definition) is 0. The Kier molecular flexibility index (Phi) is 6.27. The van der Waals surface area contributed by atoms with Crippen LogP contribution < -0.4 is 0 Å². The van der Waals surface area contributed by atoms with Gasteiger partial charge in [0.05, 0.1) is 6.54 Å². The summed E-state index contributed by atoms with van der Waals surface area (Å²) in [6.45, 7) is 11.8. The number of esters is 1. The fourth-order valence-electron chi connectivity index (χ4n) is 2.60. The molecule has 0 saturated carbocycles. The molecule has 19 heavy (non-hydrogen) atoms. The van der Waals surface area contributed by atoms with Crippen LogP contribution in [0.1, 0.15) is 47.0 Å². The van der Waals surface area contributed by atoms with Crippen molar-refractivity contribution in [3.8, 4) is 0 Å². The van der Waals surface area contributed by atoms with Gasteiger partial charge in [-0.1, -0.05) is 6.92 Å². The van der Waals surface area contributed by atoms with Crippen LogP contribution in [0.4, 0.5) is 0 Å². The van der Waals surface area contributed by atoms with Crippen LogP contribution in [-0.2, 0) is 9.53 Å². The Morgan fingerprint density at radius 3 is 2.58 bits per heavy atom. The molecule has 0 aromatic carbocycles. The van der Waals surface area contributed by atoms with Crippen molar-refractivity contribution in [1.29, 1.82) is 0 Å². The number of ether oxygens (including phenoxy) is 1. The van der Waals surface area contributed by atoms with Gasteiger partial charge in [-0.2, -0.15) is 0 Å². The van der Waals surface area contributed by atoms with Crippen LogP contribution in [-0.4, -0.2) is 60.6 Å². The van der Waals surface area contributed by atoms with E-state index in [1.165, 1.54) is 19.4 Å². The average molecular weight is 270 g/mol. The first kappa shape index (κ1) is 16.4. The second-order valence-corrected chi connectivity index (χ2v) is 6.52. The Hall–Kier alpha value is -0.610. The summed E-state index contributed by atoms with van der Waals surface area (Å²) in [5, 5.41) is 0. The zero-order valence-electron chi connectivity index (χ0n) is 13.2. The maximum absolute atomic E-state index is 11.8. The molecule has 4 heteroatoms. The van der Waals surface area contributed by atoms with Gasteiger partial charge < -0.3 is 9.64 Å². The number of carbonyl (C=O) groups is 1. The number of likely N-dealkylation sites (tertiary alicyclic amines) is 1. The lowest BCUT2D eigenvalue weighted by molar-refractivity contribution is -0.156. The van der Waals surface area contributed by atoms with E-state index in [1.54, 1.807) is 0 Å². The maximum Gasteiger partial charge on any atom is 0.320 e. The maximum atomic E-state index is 11.8. The van der Waals surface area contributed by atoms with E-state index >= 15 is 0 Å². The van der Waals surface area contributed by atoms with Crippen molar-refractivity contribution in [3.05, 3.63) is 0 Å². The minimum Gasteiger partial charge on any atom is -0.459 e. The average Bonchev–Trinajstić information content (AvgIpc) is 2.50. The molecule has 1 fully saturated rings. The van der Waals surface area contributed by atoms with Gasteiger partial charge in [0.25, 0.3) is 0 Å². The van der Waals surface area contributed by atoms with Crippen LogP contribution >= 0.6 is 0 Å². The van der Waals surface area contributed by atoms with Gasteiger partial charge in [-0.25, -0.2) is 0 Å². The van der Waals surface area contributed by atoms with E-state index in [0.29, 0.717) is 12.6 Å². The molecule has 0 aromatic rings. The van der Waals surface area contributed by atoms with Crippen LogP contribution in [0.25, 0.3) is 0 Å². The zero-order chi connectivity index (χ0) is 14.5. The lowest BCUT2D eigenvalue weighted by atomic mass is 10.1. The normalized spacial score (nSPS) is 22.3. The van der Waals surface area contributed by atoms with Crippen molar-refractivity contribution < 1.29 is 9.53 Å². The SMILES string of the molecule is CCN1CCC[C@@H](N(C)CC(=O)OC(C)(C)C)CC1. The molecule has 0 amide bonds. The topological polar surface area (TPSA) is 32.8 Å². The second-order valence-electron chi connectivity index (χ2n) is 6.52. The third-order valence-corrected chi connectivity index (χ3v) is 3.66. The summed E-state index contributed by atoms with van der Waals surface area (Å²) < 4.78 is 5.38. The summed E-state index contributed by atoms with van der Waals surface area (Å²) in [4.78, 5) is 16.5. The van der Waals surface area contributed by atoms with Crippen molar-refractivity contribution in [2.45, 2.75) is 58.6 Å². The van der Waals surface area contributed by atoms with E-state index < -0.39 is 0 Å². The van der Waals surface area contributed by atoms with Crippen molar-refractivity contribution in [2.24, 2.45) is 0 Å². The van der Waals surface area contributed by atoms with E-state index in [9.17, 15) is 4.79 Å². The molecular weight excluding hydrogens is 240 g/mol. The highest BCUT2D eigenvalue weighted by atomic mass is 16.6. The molecule has 112 valence electrons. The summed E-state index contributed by atoms with van der Waals surface area (Å²) >= 11 is 0. The predicted molar refractivity (Wildman–Crippen MR) is 78.2 cm³/mol. The standard InChI is InChI=1S/C15H30N2O2/c1-6-17-10-7-8-13(9-11-17)16(5)12-14(18)19-15(2,3)4/h13H,6-12H2,1-5H3/t13-/m1/s1. The third kappa shape index (κ3) is 6.39. The Bertz CT molecular complexity index is 286. The fourth-order valence-corrected chi connectivity index (χ4v) is 2.60. The quantitative estimate of drug-likeness (QED) is 0.733. The molecule has 1 rings (SSSR count). The van der Waals surface area contributed by atoms with Crippen LogP contribution in [0.2, 0.25) is 0 Å². The van der Waals surface area contributed by atoms with E-state index in [4.69, 9.17) is 4.74 Å². The van der Waals surface area contributed by atoms with Gasteiger partial charge in [0.1, 0.15) is 5.60 Å². The monoisotopic (exact) mass is 270 g/mol. The molecule has 0 radical (unpaired) electrons. The first-order valence-corrected chi connectivity index (χ1v) is 7.46. The van der Waals surface area contributed by atoms with E-state index in [1.807, 2.05) is 27.8 Å². The lowest BCUT2D eigenvalue weighted by Crippen LogP contribution is -2.39. The van der Waals surface area contributed by atoms with Gasteiger partial charge in [-0.3, -0.25) is 9.69 Å². The van der Waals surface area contributed by atoms with Crippen molar-refractivity contribution in [2.75, 3.05) is 33.2 Å². The molecule has 1 aliphatic rings. The van der Waals surface area contributed by atoms with Crippen molar-refractivity contribution in [1.82, 2.24) is 9.80 Å². The number of carbonyl (C=O) groups excluding carboxylic acids is 1. The summed E-state index contributed by atoms with van der Waals surface area (Å²) in [6.07, 6.45) is 3.54. The number of rotatable bonds is 4. The Labute approximate surface area is 118 Å². The first-order chi connectivity index (χ1) is 8.81. The fraction of sp³-hybridized carbons (Fsp3) is 0.933. The molecule has 0 unspecified atom stereocenters. The number of nitrogens with zero attached hydrogens (tertiary/aromatic N) is 2. The second kappa shape index (κ2) is 7.25. The predicted octanol–water partition coefficient (Wildman–Crippen LogP) is 2.13. The van der Waals surface area contributed by atoms with Gasteiger partial charge >= 0.3 is 5.97 Å². The number of hydrogen-bond acceptors (Lipinski definition) is 4. The van der Waals surface area contributed by atoms with Gasteiger partial charge in [-0.15, -0.1) is 0 Å². The van der Waals surface area contributed by atoms with Crippen LogP contribution in [0, 0.1) is 0 Å². The highest BCUT2D eigenvalue weighted by molar-refractivity contribution is 5.72. The lowest BCUT2D eigenvalue weighted by Gasteiger charge is -2.28. The first-order valence-electron chi connectivity index (χ1n) is 7.46. The highest BCUT2D eigenvalue weighted by Gasteiger charge is 2.23. The molecular formula is C15H30N2O2. The molecule has 0 aliphatic carbocycles. The summed E-state index contributed by atoms with van der Waals surface area (Å²) in [5.41, 5.74) is -0.389. The minimum atomic E-state index is -0.389. The van der Waals surface area contributed by atoms with Crippen molar-refractivity contribution in [3.63, 3.8) is 0 Å². The Morgan fingerprint density at radius 1 is 1.32 bits per heavy atom. The molecule has 1 heterocycles. The van der Waals surface area contributed by atoms with Crippen molar-refractivity contribution >= 4 is 5.97 Å². The molecule has 1 saturated heterocycles. The molecule has 0 aromatic heterocycles. The molecule has 1 atom stereocenters. The van der Waals surface area contributed by atoms with Crippen LogP contribution in [0.3, 0.4) is 0 Å². The van der Waals surface area contributed by atoms with Gasteiger partial charge in [0.2, 0.25) is 0 Å². The number of likely N-dealkylation sites (N-methyl/N-ethyl adjacent to an activating group) is 1. The van der Waals surface area contributed by atoms with Gasteiger partial charge in [0, 0.05) is 6.04 Å². The Balaban J connectivity index is 2.40. The smallest absolute Gasteiger partial charge is 0.320 e. The largest absolute Gasteiger partial charge is 0.459 e. The van der Waals surface area contributed by atoms with Crippen LogP contribution in [0.5, 0.6) is 0 Å². The minimum absolute atomic E-state index is 0.119. The highest BCUT2D eigenvalue weighted by Crippen LogP contribution is 2.16. The van der Waals surface area contributed by atoms with Gasteiger partial charge in [-0.05, 0) is 66.7 Å². The van der Waals surface area contributed by atoms with E-state index in [2.05, 4.69) is 16.7 Å². The summed E-state index contributed by atoms with van der Waals surface area (Å²) in [5.74, 6) is -0.119. The third-order valence-electron chi connectivity index (χ3n) is 3.66. The Morgan fingerprint density at radius 2 is 2.00 bits per heavy atom. The molecule has 1 aliphatic heterocycles. The molecule has 0 N–H and O–H groups in total. The summed E-state index contributed by atoms with van der Waals surface area (Å²) in [6, 6.07) is 0.504. The zero-order valence-corrected chi connectivity index (χ0v) is 13.2. The van der Waals surface area contributed by atoms with E-state index in [-0.39, 0.29) is 11.6 Å².